The Bertz CT molecular complexity index is 1100. The van der Waals surface area contributed by atoms with Gasteiger partial charge >= 0.3 is 0 Å². The Morgan fingerprint density at radius 2 is 1.79 bits per heavy atom. The standard InChI is InChI=1S/C24H32ClN3O4S/c1-6-12-26-24(30)19(4)27(15-20-8-7-9-21(25)14-20)23(29)16-28(33(5,31)32)22-11-10-17(2)18(3)13-22/h7-11,13-14,19H,6,12,15-16H2,1-5H3,(H,26,30)/t19-/m0/s1. The van der Waals surface area contributed by atoms with E-state index in [-0.39, 0.29) is 12.5 Å². The number of rotatable bonds is 10. The summed E-state index contributed by atoms with van der Waals surface area (Å²) in [4.78, 5) is 27.5. The lowest BCUT2D eigenvalue weighted by molar-refractivity contribution is -0.139. The van der Waals surface area contributed by atoms with Crippen LogP contribution in [0, 0.1) is 13.8 Å². The molecule has 33 heavy (non-hydrogen) atoms. The Kier molecular flexibility index (Phi) is 9.31. The van der Waals surface area contributed by atoms with E-state index in [4.69, 9.17) is 11.6 Å². The van der Waals surface area contributed by atoms with Crippen molar-refractivity contribution >= 4 is 39.1 Å². The van der Waals surface area contributed by atoms with E-state index in [9.17, 15) is 18.0 Å². The average Bonchev–Trinajstić information content (AvgIpc) is 2.74. The second-order valence-electron chi connectivity index (χ2n) is 8.16. The molecule has 0 aliphatic carbocycles. The third-order valence-electron chi connectivity index (χ3n) is 5.42. The maximum absolute atomic E-state index is 13.4. The minimum atomic E-state index is -3.75. The van der Waals surface area contributed by atoms with E-state index in [0.29, 0.717) is 17.3 Å². The van der Waals surface area contributed by atoms with Gasteiger partial charge in [-0.25, -0.2) is 8.42 Å². The molecule has 0 saturated heterocycles. The number of carbonyl (C=O) groups excluding carboxylic acids is 2. The molecule has 7 nitrogen and oxygen atoms in total. The number of amides is 2. The fourth-order valence-electron chi connectivity index (χ4n) is 3.30. The molecule has 9 heteroatoms. The molecule has 1 N–H and O–H groups in total. The number of aryl methyl sites for hydroxylation is 2. The maximum atomic E-state index is 13.4. The van der Waals surface area contributed by atoms with Crippen LogP contribution in [0.25, 0.3) is 0 Å². The van der Waals surface area contributed by atoms with Gasteiger partial charge in [0.2, 0.25) is 21.8 Å². The number of sulfonamides is 1. The minimum absolute atomic E-state index is 0.116. The minimum Gasteiger partial charge on any atom is -0.354 e. The normalized spacial score (nSPS) is 12.2. The van der Waals surface area contributed by atoms with Gasteiger partial charge in [-0.15, -0.1) is 0 Å². The molecular formula is C24H32ClN3O4S. The zero-order valence-electron chi connectivity index (χ0n) is 19.8. The van der Waals surface area contributed by atoms with Gasteiger partial charge in [-0.05, 0) is 68.1 Å². The monoisotopic (exact) mass is 493 g/mol. The first-order chi connectivity index (χ1) is 15.4. The van der Waals surface area contributed by atoms with E-state index in [1.807, 2.05) is 26.8 Å². The van der Waals surface area contributed by atoms with E-state index in [1.54, 1.807) is 43.3 Å². The van der Waals surface area contributed by atoms with Gasteiger partial charge in [0.05, 0.1) is 11.9 Å². The zero-order chi connectivity index (χ0) is 24.8. The highest BCUT2D eigenvalue weighted by Crippen LogP contribution is 2.22. The third kappa shape index (κ3) is 7.47. The van der Waals surface area contributed by atoms with Crippen molar-refractivity contribution in [1.29, 1.82) is 0 Å². The number of anilines is 1. The second kappa shape index (κ2) is 11.5. The van der Waals surface area contributed by atoms with Crippen LogP contribution in [0.4, 0.5) is 5.69 Å². The van der Waals surface area contributed by atoms with Gasteiger partial charge in [-0.1, -0.05) is 36.7 Å². The Labute approximate surface area is 201 Å². The van der Waals surface area contributed by atoms with Crippen LogP contribution in [-0.2, 0) is 26.2 Å². The Morgan fingerprint density at radius 3 is 2.36 bits per heavy atom. The summed E-state index contributed by atoms with van der Waals surface area (Å²) in [7, 11) is -3.75. The average molecular weight is 494 g/mol. The number of hydrogen-bond acceptors (Lipinski definition) is 4. The quantitative estimate of drug-likeness (QED) is 0.547. The summed E-state index contributed by atoms with van der Waals surface area (Å²) in [6, 6.07) is 11.4. The summed E-state index contributed by atoms with van der Waals surface area (Å²) in [6.45, 7) is 7.56. The lowest BCUT2D eigenvalue weighted by atomic mass is 10.1. The fraction of sp³-hybridized carbons (Fsp3) is 0.417. The van der Waals surface area contributed by atoms with Gasteiger partial charge in [-0.2, -0.15) is 0 Å². The fourth-order valence-corrected chi connectivity index (χ4v) is 4.36. The topological polar surface area (TPSA) is 86.8 Å². The zero-order valence-corrected chi connectivity index (χ0v) is 21.3. The third-order valence-corrected chi connectivity index (χ3v) is 6.79. The predicted molar refractivity (Wildman–Crippen MR) is 133 cm³/mol. The van der Waals surface area contributed by atoms with Crippen molar-refractivity contribution in [3.05, 3.63) is 64.2 Å². The molecule has 0 unspecified atom stereocenters. The second-order valence-corrected chi connectivity index (χ2v) is 10.5. The van der Waals surface area contributed by atoms with Crippen LogP contribution in [-0.4, -0.2) is 50.5 Å². The van der Waals surface area contributed by atoms with Gasteiger partial charge in [-0.3, -0.25) is 13.9 Å². The molecule has 1 atom stereocenters. The summed E-state index contributed by atoms with van der Waals surface area (Å²) >= 11 is 6.10. The number of benzene rings is 2. The molecular weight excluding hydrogens is 462 g/mol. The van der Waals surface area contributed by atoms with Crippen LogP contribution >= 0.6 is 11.6 Å². The predicted octanol–water partition coefficient (Wildman–Crippen LogP) is 3.67. The molecule has 2 amide bonds. The number of carbonyl (C=O) groups is 2. The maximum Gasteiger partial charge on any atom is 0.244 e. The summed E-state index contributed by atoms with van der Waals surface area (Å²) in [5, 5.41) is 3.31. The lowest BCUT2D eigenvalue weighted by Gasteiger charge is -2.31. The van der Waals surface area contributed by atoms with E-state index in [0.717, 1.165) is 33.7 Å². The van der Waals surface area contributed by atoms with E-state index in [1.165, 1.54) is 4.90 Å². The first-order valence-corrected chi connectivity index (χ1v) is 13.0. The van der Waals surface area contributed by atoms with Crippen molar-refractivity contribution in [1.82, 2.24) is 10.2 Å². The van der Waals surface area contributed by atoms with Crippen LogP contribution < -0.4 is 9.62 Å². The first-order valence-electron chi connectivity index (χ1n) is 10.8. The summed E-state index contributed by atoms with van der Waals surface area (Å²) in [5.41, 5.74) is 3.07. The van der Waals surface area contributed by atoms with E-state index < -0.39 is 28.5 Å². The number of nitrogens with one attached hydrogen (secondary N) is 1. The molecule has 0 spiro atoms. The van der Waals surface area contributed by atoms with Crippen LogP contribution in [0.15, 0.2) is 42.5 Å². The molecule has 0 bridgehead atoms. The number of hydrogen-bond donors (Lipinski definition) is 1. The summed E-state index contributed by atoms with van der Waals surface area (Å²) in [5.74, 6) is -0.790. The molecule has 0 aliphatic heterocycles. The Hall–Kier alpha value is -2.58. The van der Waals surface area contributed by atoms with E-state index >= 15 is 0 Å². The largest absolute Gasteiger partial charge is 0.354 e. The highest BCUT2D eigenvalue weighted by molar-refractivity contribution is 7.92. The van der Waals surface area contributed by atoms with Crippen LogP contribution in [0.1, 0.15) is 37.0 Å². The SMILES string of the molecule is CCCNC(=O)[C@H](C)N(Cc1cccc(Cl)c1)C(=O)CN(c1ccc(C)c(C)c1)S(C)(=O)=O. The molecule has 180 valence electrons. The van der Waals surface area contributed by atoms with Crippen molar-refractivity contribution in [3.63, 3.8) is 0 Å². The van der Waals surface area contributed by atoms with Crippen LogP contribution in [0.5, 0.6) is 0 Å². The lowest BCUT2D eigenvalue weighted by Crippen LogP contribution is -2.51. The van der Waals surface area contributed by atoms with Crippen LogP contribution in [0.3, 0.4) is 0 Å². The van der Waals surface area contributed by atoms with Gasteiger partial charge in [0.1, 0.15) is 12.6 Å². The van der Waals surface area contributed by atoms with Crippen molar-refractivity contribution in [2.75, 3.05) is 23.7 Å². The van der Waals surface area contributed by atoms with Gasteiger partial charge < -0.3 is 10.2 Å². The molecule has 0 fully saturated rings. The molecule has 2 aromatic rings. The Balaban J connectivity index is 2.39. The van der Waals surface area contributed by atoms with E-state index in [2.05, 4.69) is 5.32 Å². The molecule has 0 aliphatic rings. The molecule has 0 radical (unpaired) electrons. The van der Waals surface area contributed by atoms with Crippen LogP contribution in [0.2, 0.25) is 5.02 Å². The van der Waals surface area contributed by atoms with Gasteiger partial charge in [0.15, 0.2) is 0 Å². The highest BCUT2D eigenvalue weighted by Gasteiger charge is 2.30. The molecule has 0 heterocycles. The van der Waals surface area contributed by atoms with Crippen molar-refractivity contribution in [2.24, 2.45) is 0 Å². The summed E-state index contributed by atoms with van der Waals surface area (Å²) < 4.78 is 26.3. The smallest absolute Gasteiger partial charge is 0.244 e. The van der Waals surface area contributed by atoms with Crippen molar-refractivity contribution in [2.45, 2.75) is 46.7 Å². The molecule has 2 rings (SSSR count). The Morgan fingerprint density at radius 1 is 1.09 bits per heavy atom. The first kappa shape index (κ1) is 26.7. The number of nitrogens with zero attached hydrogens (tertiary/aromatic N) is 2. The molecule has 0 aromatic heterocycles. The van der Waals surface area contributed by atoms with Gasteiger partial charge in [0, 0.05) is 18.1 Å². The summed E-state index contributed by atoms with van der Waals surface area (Å²) in [6.07, 6.45) is 1.82. The van der Waals surface area contributed by atoms with Crippen molar-refractivity contribution < 1.29 is 18.0 Å². The molecule has 2 aromatic carbocycles. The molecule has 0 saturated carbocycles. The van der Waals surface area contributed by atoms with Gasteiger partial charge in [0.25, 0.3) is 0 Å². The van der Waals surface area contributed by atoms with Crippen molar-refractivity contribution in [3.8, 4) is 0 Å². The number of halogens is 1. The highest BCUT2D eigenvalue weighted by atomic mass is 35.5.